The third kappa shape index (κ3) is 5.43. The van der Waals surface area contributed by atoms with Gasteiger partial charge in [-0.2, -0.15) is 0 Å². The van der Waals surface area contributed by atoms with Gasteiger partial charge in [0.15, 0.2) is 0 Å². The molecule has 0 spiro atoms. The van der Waals surface area contributed by atoms with Crippen molar-refractivity contribution in [2.24, 2.45) is 11.1 Å². The van der Waals surface area contributed by atoms with Gasteiger partial charge in [-0.15, -0.1) is 0 Å². The second-order valence-electron chi connectivity index (χ2n) is 11.4. The summed E-state index contributed by atoms with van der Waals surface area (Å²) in [7, 11) is 0. The van der Waals surface area contributed by atoms with Crippen molar-refractivity contribution in [2.75, 3.05) is 6.54 Å². The number of carbonyl (C=O) groups is 1. The van der Waals surface area contributed by atoms with Crippen molar-refractivity contribution in [3.63, 3.8) is 0 Å². The van der Waals surface area contributed by atoms with Crippen LogP contribution in [0.2, 0.25) is 10.0 Å². The van der Waals surface area contributed by atoms with Gasteiger partial charge in [-0.3, -0.25) is 4.79 Å². The summed E-state index contributed by atoms with van der Waals surface area (Å²) in [5, 5.41) is 4.40. The van der Waals surface area contributed by atoms with Crippen LogP contribution in [0.4, 0.5) is 4.39 Å². The van der Waals surface area contributed by atoms with Crippen molar-refractivity contribution in [1.82, 2.24) is 5.32 Å². The molecule has 0 radical (unpaired) electrons. The molecule has 0 amide bonds. The van der Waals surface area contributed by atoms with Crippen LogP contribution < -0.4 is 11.1 Å². The van der Waals surface area contributed by atoms with Gasteiger partial charge in [0.2, 0.25) is 0 Å². The predicted molar refractivity (Wildman–Crippen MR) is 137 cm³/mol. The normalized spacial score (nSPS) is 25.4. The van der Waals surface area contributed by atoms with Gasteiger partial charge in [0, 0.05) is 34.0 Å². The van der Waals surface area contributed by atoms with Gasteiger partial charge in [0.1, 0.15) is 17.5 Å². The Morgan fingerprint density at radius 1 is 1.12 bits per heavy atom. The van der Waals surface area contributed by atoms with Crippen LogP contribution in [0.1, 0.15) is 65.0 Å². The molecular weight excluding hydrogens is 474 g/mol. The maximum absolute atomic E-state index is 15.6. The number of nitrogens with one attached hydrogen (secondary N) is 1. The standard InChI is InChI=1S/C27H35Cl2FN2O2/c1-25(2,3)14-21-27(15-31,18-13-16(28)11-12-20(18)30)22(17-9-7-8-10-19(17)29)23(32-21)24(33)34-26(4,5)6/h7-13,21-23,32H,14-15,31H2,1-6H3/t21-,22-,23+,27-/m0/s1. The van der Waals surface area contributed by atoms with E-state index in [0.717, 1.165) is 0 Å². The minimum Gasteiger partial charge on any atom is -0.459 e. The van der Waals surface area contributed by atoms with Gasteiger partial charge < -0.3 is 15.8 Å². The molecule has 186 valence electrons. The van der Waals surface area contributed by atoms with Crippen LogP contribution in [0.5, 0.6) is 0 Å². The molecule has 0 saturated carbocycles. The molecule has 3 N–H and O–H groups in total. The number of ether oxygens (including phenoxy) is 1. The fraction of sp³-hybridized carbons (Fsp3) is 0.519. The molecule has 34 heavy (non-hydrogen) atoms. The highest BCUT2D eigenvalue weighted by molar-refractivity contribution is 6.31. The van der Waals surface area contributed by atoms with Crippen LogP contribution in [-0.4, -0.2) is 30.2 Å². The van der Waals surface area contributed by atoms with Crippen LogP contribution in [0.15, 0.2) is 42.5 Å². The lowest BCUT2D eigenvalue weighted by atomic mass is 9.62. The lowest BCUT2D eigenvalue weighted by Crippen LogP contribution is -2.50. The second-order valence-corrected chi connectivity index (χ2v) is 12.2. The Morgan fingerprint density at radius 3 is 2.32 bits per heavy atom. The molecule has 0 unspecified atom stereocenters. The molecule has 0 aliphatic carbocycles. The van der Waals surface area contributed by atoms with Crippen LogP contribution in [-0.2, 0) is 14.9 Å². The number of benzene rings is 2. The zero-order chi connectivity index (χ0) is 25.5. The Labute approximate surface area is 212 Å². The highest BCUT2D eigenvalue weighted by Crippen LogP contribution is 2.53. The molecule has 0 bridgehead atoms. The summed E-state index contributed by atoms with van der Waals surface area (Å²) in [5.74, 6) is -1.42. The van der Waals surface area contributed by atoms with Crippen molar-refractivity contribution < 1.29 is 13.9 Å². The Balaban J connectivity index is 2.33. The van der Waals surface area contributed by atoms with Gasteiger partial charge in [0.05, 0.1) is 0 Å². The fourth-order valence-corrected chi connectivity index (χ4v) is 5.60. The number of hydrogen-bond acceptors (Lipinski definition) is 4. The Kier molecular flexibility index (Phi) is 7.74. The number of nitrogens with two attached hydrogens (primary N) is 1. The van der Waals surface area contributed by atoms with Gasteiger partial charge in [-0.1, -0.05) is 62.2 Å². The molecule has 1 heterocycles. The van der Waals surface area contributed by atoms with E-state index in [9.17, 15) is 4.79 Å². The van der Waals surface area contributed by atoms with Crippen molar-refractivity contribution >= 4 is 29.2 Å². The number of rotatable bonds is 5. The first-order valence-corrected chi connectivity index (χ1v) is 12.3. The lowest BCUT2D eigenvalue weighted by Gasteiger charge is -2.42. The summed E-state index contributed by atoms with van der Waals surface area (Å²) in [5.41, 5.74) is 5.80. The molecule has 3 rings (SSSR count). The minimum absolute atomic E-state index is 0.0766. The number of esters is 1. The Bertz CT molecular complexity index is 1050. The summed E-state index contributed by atoms with van der Waals surface area (Å²) in [6, 6.07) is 10.7. The second kappa shape index (κ2) is 9.77. The molecular formula is C27H35Cl2FN2O2. The van der Waals surface area contributed by atoms with Crippen LogP contribution in [0.25, 0.3) is 0 Å². The van der Waals surface area contributed by atoms with Crippen molar-refractivity contribution in [2.45, 2.75) is 77.0 Å². The van der Waals surface area contributed by atoms with Gasteiger partial charge in [0.25, 0.3) is 0 Å². The van der Waals surface area contributed by atoms with E-state index in [1.54, 1.807) is 12.1 Å². The minimum atomic E-state index is -1.01. The third-order valence-electron chi connectivity index (χ3n) is 6.38. The quantitative estimate of drug-likeness (QED) is 0.469. The van der Waals surface area contributed by atoms with Gasteiger partial charge in [-0.25, -0.2) is 4.39 Å². The van der Waals surface area contributed by atoms with E-state index in [1.807, 2.05) is 39.0 Å². The Morgan fingerprint density at radius 2 is 1.76 bits per heavy atom. The maximum Gasteiger partial charge on any atom is 0.324 e. The first-order valence-electron chi connectivity index (χ1n) is 11.6. The van der Waals surface area contributed by atoms with Crippen molar-refractivity contribution in [1.29, 1.82) is 0 Å². The molecule has 4 atom stereocenters. The summed E-state index contributed by atoms with van der Waals surface area (Å²) < 4.78 is 21.4. The lowest BCUT2D eigenvalue weighted by molar-refractivity contribution is -0.157. The monoisotopic (exact) mass is 508 g/mol. The van der Waals surface area contributed by atoms with E-state index in [0.29, 0.717) is 27.6 Å². The summed E-state index contributed by atoms with van der Waals surface area (Å²) in [6.07, 6.45) is 0.635. The van der Waals surface area contributed by atoms with E-state index >= 15 is 4.39 Å². The van der Waals surface area contributed by atoms with Crippen LogP contribution in [0, 0.1) is 11.2 Å². The van der Waals surface area contributed by atoms with E-state index in [4.69, 9.17) is 33.7 Å². The SMILES string of the molecule is CC(C)(C)C[C@@H]1N[C@@H](C(=O)OC(C)(C)C)[C@H](c2ccccc2Cl)[C@@]1(CN)c1cc(Cl)ccc1F. The highest BCUT2D eigenvalue weighted by atomic mass is 35.5. The molecule has 4 nitrogen and oxygen atoms in total. The zero-order valence-corrected chi connectivity index (χ0v) is 22.2. The molecule has 2 aromatic carbocycles. The van der Waals surface area contributed by atoms with E-state index < -0.39 is 34.8 Å². The smallest absolute Gasteiger partial charge is 0.324 e. The highest BCUT2D eigenvalue weighted by Gasteiger charge is 2.60. The summed E-state index contributed by atoms with van der Waals surface area (Å²) in [4.78, 5) is 13.6. The molecule has 1 aliphatic rings. The zero-order valence-electron chi connectivity index (χ0n) is 20.7. The molecule has 1 aliphatic heterocycles. The van der Waals surface area contributed by atoms with E-state index in [2.05, 4.69) is 26.1 Å². The number of halogens is 3. The molecule has 7 heteroatoms. The first-order chi connectivity index (χ1) is 15.7. The summed E-state index contributed by atoms with van der Waals surface area (Å²) in [6.45, 7) is 11.9. The Hall–Kier alpha value is -1.66. The van der Waals surface area contributed by atoms with Crippen LogP contribution in [0.3, 0.4) is 0 Å². The van der Waals surface area contributed by atoms with E-state index in [-0.39, 0.29) is 18.0 Å². The average molecular weight is 509 g/mol. The fourth-order valence-electron chi connectivity index (χ4n) is 5.17. The summed E-state index contributed by atoms with van der Waals surface area (Å²) >= 11 is 13.1. The molecule has 0 aromatic heterocycles. The van der Waals surface area contributed by atoms with Crippen molar-refractivity contribution in [3.8, 4) is 0 Å². The molecule has 2 aromatic rings. The maximum atomic E-state index is 15.6. The van der Waals surface area contributed by atoms with Crippen molar-refractivity contribution in [3.05, 3.63) is 69.5 Å². The first kappa shape index (κ1) is 26.9. The topological polar surface area (TPSA) is 64.3 Å². The number of hydrogen-bond donors (Lipinski definition) is 2. The molecule has 1 fully saturated rings. The third-order valence-corrected chi connectivity index (χ3v) is 6.96. The largest absolute Gasteiger partial charge is 0.459 e. The van der Waals surface area contributed by atoms with Gasteiger partial charge >= 0.3 is 5.97 Å². The van der Waals surface area contributed by atoms with Crippen LogP contribution >= 0.6 is 23.2 Å². The molecule has 1 saturated heterocycles. The average Bonchev–Trinajstić information content (AvgIpc) is 3.02. The predicted octanol–water partition coefficient (Wildman–Crippen LogP) is 6.23. The van der Waals surface area contributed by atoms with E-state index in [1.165, 1.54) is 12.1 Å². The number of carbonyl (C=O) groups excluding carboxylic acids is 1. The van der Waals surface area contributed by atoms with Gasteiger partial charge in [-0.05, 0) is 68.0 Å².